The van der Waals surface area contributed by atoms with Crippen molar-refractivity contribution in [1.82, 2.24) is 10.6 Å². The largest absolute Gasteiger partial charge is 0.496 e. The summed E-state index contributed by atoms with van der Waals surface area (Å²) in [6.45, 7) is 5.84. The third-order valence-electron chi connectivity index (χ3n) is 2.73. The smallest absolute Gasteiger partial charge is 0.407 e. The van der Waals surface area contributed by atoms with Crippen LogP contribution in [0.4, 0.5) is 4.79 Å². The van der Waals surface area contributed by atoms with Gasteiger partial charge in [0.25, 0.3) is 5.91 Å². The number of alkyl carbamates (subject to hydrolysis) is 1. The molecule has 0 unspecified atom stereocenters. The number of amides is 2. The van der Waals surface area contributed by atoms with Gasteiger partial charge in [-0.25, -0.2) is 4.79 Å². The first kappa shape index (κ1) is 18.6. The Morgan fingerprint density at radius 3 is 2.00 bits per heavy atom. The lowest BCUT2D eigenvalue weighted by Crippen LogP contribution is -2.38. The van der Waals surface area contributed by atoms with Crippen molar-refractivity contribution in [2.45, 2.75) is 26.4 Å². The van der Waals surface area contributed by atoms with Crippen molar-refractivity contribution in [1.29, 1.82) is 0 Å². The van der Waals surface area contributed by atoms with E-state index in [1.807, 2.05) is 0 Å². The van der Waals surface area contributed by atoms with Crippen LogP contribution >= 0.6 is 0 Å². The number of carbonyl (C=O) groups excluding carboxylic acids is 2. The first-order valence-corrected chi connectivity index (χ1v) is 7.24. The molecule has 1 rings (SSSR count). The molecule has 23 heavy (non-hydrogen) atoms. The highest BCUT2D eigenvalue weighted by Crippen LogP contribution is 2.27. The monoisotopic (exact) mass is 324 g/mol. The molecule has 0 saturated heterocycles. The second-order valence-electron chi connectivity index (χ2n) is 5.72. The number of ether oxygens (including phenoxy) is 3. The van der Waals surface area contributed by atoms with Crippen molar-refractivity contribution < 1.29 is 23.8 Å². The van der Waals surface area contributed by atoms with E-state index < -0.39 is 11.7 Å². The fraction of sp³-hybridized carbons (Fsp3) is 0.500. The maximum Gasteiger partial charge on any atom is 0.407 e. The first-order chi connectivity index (χ1) is 10.8. The summed E-state index contributed by atoms with van der Waals surface area (Å²) < 4.78 is 15.5. The van der Waals surface area contributed by atoms with Crippen molar-refractivity contribution >= 4 is 12.0 Å². The highest BCUT2D eigenvalue weighted by molar-refractivity contribution is 5.99. The van der Waals surface area contributed by atoms with Crippen LogP contribution in [0.3, 0.4) is 0 Å². The molecule has 0 atom stereocenters. The van der Waals surface area contributed by atoms with Gasteiger partial charge in [0.1, 0.15) is 22.7 Å². The fourth-order valence-electron chi connectivity index (χ4n) is 1.82. The molecule has 0 heterocycles. The minimum atomic E-state index is -0.557. The van der Waals surface area contributed by atoms with Crippen molar-refractivity contribution in [3.8, 4) is 11.5 Å². The van der Waals surface area contributed by atoms with E-state index in [4.69, 9.17) is 14.2 Å². The molecule has 0 bridgehead atoms. The van der Waals surface area contributed by atoms with Gasteiger partial charge >= 0.3 is 6.09 Å². The van der Waals surface area contributed by atoms with E-state index in [0.29, 0.717) is 17.1 Å². The molecule has 1 aromatic carbocycles. The molecule has 0 fully saturated rings. The van der Waals surface area contributed by atoms with E-state index in [9.17, 15) is 9.59 Å². The molecule has 0 aliphatic rings. The van der Waals surface area contributed by atoms with Crippen LogP contribution in [0.5, 0.6) is 11.5 Å². The predicted octanol–water partition coefficient (Wildman–Crippen LogP) is 1.96. The van der Waals surface area contributed by atoms with Crippen molar-refractivity contribution in [3.05, 3.63) is 23.8 Å². The van der Waals surface area contributed by atoms with Gasteiger partial charge in [0, 0.05) is 13.1 Å². The zero-order valence-corrected chi connectivity index (χ0v) is 14.2. The third kappa shape index (κ3) is 6.06. The Morgan fingerprint density at radius 2 is 1.52 bits per heavy atom. The summed E-state index contributed by atoms with van der Waals surface area (Å²) in [5.41, 5.74) is -0.243. The van der Waals surface area contributed by atoms with Gasteiger partial charge in [0.2, 0.25) is 0 Å². The molecule has 2 N–H and O–H groups in total. The Labute approximate surface area is 136 Å². The minimum absolute atomic E-state index is 0.248. The maximum absolute atomic E-state index is 12.3. The molecule has 2 amide bonds. The summed E-state index contributed by atoms with van der Waals surface area (Å²) in [6.07, 6.45) is -0.526. The normalized spacial score (nSPS) is 10.7. The molecule has 7 nitrogen and oxygen atoms in total. The van der Waals surface area contributed by atoms with E-state index in [1.54, 1.807) is 39.0 Å². The second-order valence-corrected chi connectivity index (χ2v) is 5.72. The van der Waals surface area contributed by atoms with Crippen LogP contribution in [0, 0.1) is 0 Å². The van der Waals surface area contributed by atoms with Gasteiger partial charge in [-0.05, 0) is 32.9 Å². The Hall–Kier alpha value is -2.44. The van der Waals surface area contributed by atoms with Crippen LogP contribution in [-0.4, -0.2) is 44.9 Å². The number of carbonyl (C=O) groups is 2. The number of methoxy groups -OCH3 is 2. The molecular weight excluding hydrogens is 300 g/mol. The molecule has 7 heteroatoms. The van der Waals surface area contributed by atoms with Crippen LogP contribution < -0.4 is 20.1 Å². The summed E-state index contributed by atoms with van der Waals surface area (Å²) in [5, 5.41) is 5.26. The molecule has 0 saturated carbocycles. The zero-order valence-electron chi connectivity index (χ0n) is 14.2. The average molecular weight is 324 g/mol. The standard InChI is InChI=1S/C16H24N2O5/c1-16(2,3)23-15(20)18-10-9-17-14(19)13-11(21-4)7-6-8-12(13)22-5/h6-8H,9-10H2,1-5H3,(H,17,19)(H,18,20). The maximum atomic E-state index is 12.3. The van der Waals surface area contributed by atoms with Gasteiger partial charge < -0.3 is 24.8 Å². The molecule has 0 aromatic heterocycles. The Kier molecular flexibility index (Phi) is 6.68. The predicted molar refractivity (Wildman–Crippen MR) is 86.1 cm³/mol. The van der Waals surface area contributed by atoms with Gasteiger partial charge in [-0.1, -0.05) is 6.07 Å². The van der Waals surface area contributed by atoms with E-state index >= 15 is 0 Å². The van der Waals surface area contributed by atoms with Crippen molar-refractivity contribution in [2.24, 2.45) is 0 Å². The third-order valence-corrected chi connectivity index (χ3v) is 2.73. The lowest BCUT2D eigenvalue weighted by atomic mass is 10.1. The van der Waals surface area contributed by atoms with Crippen molar-refractivity contribution in [2.75, 3.05) is 27.3 Å². The van der Waals surface area contributed by atoms with Gasteiger partial charge in [-0.3, -0.25) is 4.79 Å². The molecule has 128 valence electrons. The van der Waals surface area contributed by atoms with Gasteiger partial charge in [-0.2, -0.15) is 0 Å². The number of hydrogen-bond acceptors (Lipinski definition) is 5. The van der Waals surface area contributed by atoms with Crippen LogP contribution in [0.1, 0.15) is 31.1 Å². The summed E-state index contributed by atoms with van der Waals surface area (Å²) >= 11 is 0. The van der Waals surface area contributed by atoms with E-state index in [2.05, 4.69) is 10.6 Å². The van der Waals surface area contributed by atoms with Crippen molar-refractivity contribution in [3.63, 3.8) is 0 Å². The minimum Gasteiger partial charge on any atom is -0.496 e. The van der Waals surface area contributed by atoms with E-state index in [1.165, 1.54) is 14.2 Å². The Morgan fingerprint density at radius 1 is 1.00 bits per heavy atom. The van der Waals surface area contributed by atoms with Crippen LogP contribution in [-0.2, 0) is 4.74 Å². The van der Waals surface area contributed by atoms with Crippen LogP contribution in [0.25, 0.3) is 0 Å². The van der Waals surface area contributed by atoms with Gasteiger partial charge in [0.15, 0.2) is 0 Å². The highest BCUT2D eigenvalue weighted by Gasteiger charge is 2.18. The SMILES string of the molecule is COc1cccc(OC)c1C(=O)NCCNC(=O)OC(C)(C)C. The second kappa shape index (κ2) is 8.26. The lowest BCUT2D eigenvalue weighted by Gasteiger charge is -2.19. The van der Waals surface area contributed by atoms with Crippen LogP contribution in [0.15, 0.2) is 18.2 Å². The van der Waals surface area contributed by atoms with E-state index in [0.717, 1.165) is 0 Å². The van der Waals surface area contributed by atoms with Gasteiger partial charge in [0.05, 0.1) is 14.2 Å². The molecular formula is C16H24N2O5. The van der Waals surface area contributed by atoms with Crippen LogP contribution in [0.2, 0.25) is 0 Å². The Balaban J connectivity index is 2.54. The highest BCUT2D eigenvalue weighted by atomic mass is 16.6. The zero-order chi connectivity index (χ0) is 17.5. The number of benzene rings is 1. The number of hydrogen-bond donors (Lipinski definition) is 2. The number of nitrogens with one attached hydrogen (secondary N) is 2. The van der Waals surface area contributed by atoms with Gasteiger partial charge in [-0.15, -0.1) is 0 Å². The first-order valence-electron chi connectivity index (χ1n) is 7.24. The molecule has 0 aliphatic heterocycles. The molecule has 1 aromatic rings. The summed E-state index contributed by atoms with van der Waals surface area (Å²) in [4.78, 5) is 23.8. The summed E-state index contributed by atoms with van der Waals surface area (Å²) in [6, 6.07) is 5.09. The molecule has 0 aliphatic carbocycles. The Bertz CT molecular complexity index is 530. The lowest BCUT2D eigenvalue weighted by molar-refractivity contribution is 0.0526. The molecule has 0 spiro atoms. The summed E-state index contributed by atoms with van der Waals surface area (Å²) in [5.74, 6) is 0.495. The van der Waals surface area contributed by atoms with E-state index in [-0.39, 0.29) is 19.0 Å². The average Bonchev–Trinajstić information content (AvgIpc) is 2.48. The fourth-order valence-corrected chi connectivity index (χ4v) is 1.82. The summed E-state index contributed by atoms with van der Waals surface area (Å²) in [7, 11) is 2.96. The quantitative estimate of drug-likeness (QED) is 0.781. The molecule has 0 radical (unpaired) electrons. The number of rotatable bonds is 6. The topological polar surface area (TPSA) is 85.9 Å².